The third-order valence-electron chi connectivity index (χ3n) is 6.93. The lowest BCUT2D eigenvalue weighted by Crippen LogP contribution is -2.34. The first-order valence-corrected chi connectivity index (χ1v) is 12.9. The maximum atomic E-state index is 14.5. The van der Waals surface area contributed by atoms with E-state index in [1.54, 1.807) is 42.2 Å². The van der Waals surface area contributed by atoms with Gasteiger partial charge < -0.3 is 9.32 Å². The summed E-state index contributed by atoms with van der Waals surface area (Å²) in [5, 5.41) is 18.2. The van der Waals surface area contributed by atoms with E-state index in [4.69, 9.17) is 4.42 Å². The van der Waals surface area contributed by atoms with Crippen molar-refractivity contribution in [2.75, 3.05) is 6.54 Å². The molecule has 2 heterocycles. The molecule has 194 valence electrons. The molecule has 4 aromatic rings. The van der Waals surface area contributed by atoms with Gasteiger partial charge in [0.25, 0.3) is 5.91 Å². The van der Waals surface area contributed by atoms with Crippen molar-refractivity contribution in [1.82, 2.24) is 15.1 Å². The van der Waals surface area contributed by atoms with Crippen molar-refractivity contribution < 1.29 is 13.6 Å². The monoisotopic (exact) mass is 518 g/mol. The molecule has 7 heteroatoms. The fraction of sp³-hybridized carbons (Fsp3) is 0.250. The van der Waals surface area contributed by atoms with E-state index in [-0.39, 0.29) is 29.3 Å². The van der Waals surface area contributed by atoms with E-state index >= 15 is 0 Å². The second-order valence-electron chi connectivity index (χ2n) is 9.66. The maximum absolute atomic E-state index is 14.5. The lowest BCUT2D eigenvalue weighted by atomic mass is 9.95. The highest BCUT2D eigenvalue weighted by Crippen LogP contribution is 2.33. The highest BCUT2D eigenvalue weighted by molar-refractivity contribution is 5.97. The second kappa shape index (κ2) is 11.3. The number of carbonyl (C=O) groups excluding carboxylic acids is 1. The Hall–Kier alpha value is -4.75. The molecule has 5 rings (SSSR count). The summed E-state index contributed by atoms with van der Waals surface area (Å²) in [6, 6.07) is 21.4. The van der Waals surface area contributed by atoms with E-state index in [0.717, 1.165) is 24.8 Å². The number of nitrogens with zero attached hydrogens (tertiary/aromatic N) is 4. The van der Waals surface area contributed by atoms with E-state index in [1.807, 2.05) is 31.2 Å². The van der Waals surface area contributed by atoms with Gasteiger partial charge in [-0.2, -0.15) is 5.26 Å². The van der Waals surface area contributed by atoms with Crippen LogP contribution < -0.4 is 0 Å². The van der Waals surface area contributed by atoms with Crippen molar-refractivity contribution in [3.05, 3.63) is 95.1 Å². The number of rotatable bonds is 6. The van der Waals surface area contributed by atoms with Gasteiger partial charge in [0, 0.05) is 29.2 Å². The van der Waals surface area contributed by atoms with Crippen LogP contribution in [-0.2, 0) is 6.42 Å². The molecule has 2 unspecified atom stereocenters. The zero-order chi connectivity index (χ0) is 27.4. The lowest BCUT2D eigenvalue weighted by molar-refractivity contribution is 0.0766. The Morgan fingerprint density at radius 3 is 2.69 bits per heavy atom. The summed E-state index contributed by atoms with van der Waals surface area (Å²) in [7, 11) is 0. The summed E-state index contributed by atoms with van der Waals surface area (Å²) in [6.45, 7) is 4.38. The van der Waals surface area contributed by atoms with Crippen LogP contribution in [0.4, 0.5) is 4.39 Å². The molecule has 1 aliphatic heterocycles. The summed E-state index contributed by atoms with van der Waals surface area (Å²) in [6.07, 6.45) is 2.41. The molecule has 0 spiro atoms. The van der Waals surface area contributed by atoms with Crippen LogP contribution in [-0.4, -0.2) is 33.6 Å². The van der Waals surface area contributed by atoms with E-state index < -0.39 is 5.82 Å². The third-order valence-corrected chi connectivity index (χ3v) is 6.93. The number of hydrogen-bond donors (Lipinski definition) is 0. The minimum atomic E-state index is -0.624. The average Bonchev–Trinajstić information content (AvgIpc) is 3.63. The largest absolute Gasteiger partial charge is 0.420 e. The van der Waals surface area contributed by atoms with Gasteiger partial charge in [0.1, 0.15) is 11.9 Å². The molecule has 1 fully saturated rings. The van der Waals surface area contributed by atoms with Crippen LogP contribution in [0, 0.1) is 29.0 Å². The van der Waals surface area contributed by atoms with E-state index in [9.17, 15) is 14.4 Å². The number of hydrogen-bond acceptors (Lipinski definition) is 5. The van der Waals surface area contributed by atoms with Gasteiger partial charge in [-0.05, 0) is 61.6 Å². The highest BCUT2D eigenvalue weighted by atomic mass is 19.1. The fourth-order valence-electron chi connectivity index (χ4n) is 5.01. The van der Waals surface area contributed by atoms with Crippen LogP contribution in [0.5, 0.6) is 0 Å². The Labute approximate surface area is 227 Å². The van der Waals surface area contributed by atoms with Gasteiger partial charge in [-0.3, -0.25) is 4.79 Å². The maximum Gasteiger partial charge on any atom is 0.254 e. The molecule has 0 bridgehead atoms. The molecule has 0 saturated carbocycles. The van der Waals surface area contributed by atoms with E-state index in [2.05, 4.69) is 34.2 Å². The Morgan fingerprint density at radius 2 is 1.92 bits per heavy atom. The van der Waals surface area contributed by atoms with Gasteiger partial charge in [0.05, 0.1) is 11.6 Å². The normalized spacial score (nSPS) is 15.3. The van der Waals surface area contributed by atoms with Crippen molar-refractivity contribution in [2.45, 2.75) is 45.1 Å². The highest BCUT2D eigenvalue weighted by Gasteiger charge is 2.29. The van der Waals surface area contributed by atoms with Crippen LogP contribution in [0.3, 0.4) is 0 Å². The van der Waals surface area contributed by atoms with Gasteiger partial charge in [0.15, 0.2) is 0 Å². The summed E-state index contributed by atoms with van der Waals surface area (Å²) in [5.41, 5.74) is 2.87. The number of benzene rings is 3. The van der Waals surface area contributed by atoms with E-state index in [1.165, 1.54) is 6.07 Å². The number of nitriles is 1. The summed E-state index contributed by atoms with van der Waals surface area (Å²) in [5.74, 6) is 5.94. The molecule has 0 radical (unpaired) electrons. The number of amides is 1. The molecule has 1 aliphatic rings. The second-order valence-corrected chi connectivity index (χ2v) is 9.66. The molecule has 2 atom stereocenters. The molecule has 6 nitrogen and oxygen atoms in total. The molecule has 1 saturated heterocycles. The molecule has 39 heavy (non-hydrogen) atoms. The summed E-state index contributed by atoms with van der Waals surface area (Å²) in [4.78, 5) is 15.5. The number of carbonyl (C=O) groups is 1. The van der Waals surface area contributed by atoms with Crippen molar-refractivity contribution in [2.24, 2.45) is 0 Å². The fourth-order valence-corrected chi connectivity index (χ4v) is 5.01. The quantitative estimate of drug-likeness (QED) is 0.276. The molecular weight excluding hydrogens is 491 g/mol. The Balaban J connectivity index is 1.56. The first kappa shape index (κ1) is 25.9. The minimum absolute atomic E-state index is 0.0238. The number of aromatic nitrogens is 2. The molecule has 1 aromatic heterocycles. The Kier molecular flexibility index (Phi) is 7.52. The van der Waals surface area contributed by atoms with Gasteiger partial charge in [-0.1, -0.05) is 55.3 Å². The van der Waals surface area contributed by atoms with Crippen molar-refractivity contribution in [1.29, 1.82) is 5.26 Å². The summed E-state index contributed by atoms with van der Waals surface area (Å²) >= 11 is 0. The molecule has 0 aliphatic carbocycles. The average molecular weight is 519 g/mol. The van der Waals surface area contributed by atoms with Crippen LogP contribution in [0.2, 0.25) is 0 Å². The predicted octanol–water partition coefficient (Wildman–Crippen LogP) is 6.39. The first-order valence-electron chi connectivity index (χ1n) is 12.9. The smallest absolute Gasteiger partial charge is 0.254 e. The van der Waals surface area contributed by atoms with Crippen LogP contribution in [0.1, 0.15) is 60.0 Å². The van der Waals surface area contributed by atoms with Gasteiger partial charge in [-0.25, -0.2) is 4.39 Å². The molecule has 0 N–H and O–H groups in total. The Bertz CT molecular complexity index is 1610. The van der Waals surface area contributed by atoms with E-state index in [0.29, 0.717) is 34.7 Å². The van der Waals surface area contributed by atoms with Gasteiger partial charge in [0.2, 0.25) is 11.8 Å². The SMILES string of the molecule is CC#CC1CCCN1C(=O)c1cc(-c2nnc(C(C)Cc3ccccc3)o2)cc(-c2cccc(F)c2C#N)c1. The lowest BCUT2D eigenvalue weighted by Gasteiger charge is -2.21. The molecule has 3 aromatic carbocycles. The predicted molar refractivity (Wildman–Crippen MR) is 146 cm³/mol. The Morgan fingerprint density at radius 1 is 1.13 bits per heavy atom. The first-order chi connectivity index (χ1) is 19.0. The minimum Gasteiger partial charge on any atom is -0.420 e. The number of likely N-dealkylation sites (tertiary alicyclic amines) is 1. The van der Waals surface area contributed by atoms with Gasteiger partial charge in [-0.15, -0.1) is 16.1 Å². The topological polar surface area (TPSA) is 83.0 Å². The van der Waals surface area contributed by atoms with Crippen molar-refractivity contribution in [3.63, 3.8) is 0 Å². The van der Waals surface area contributed by atoms with Crippen LogP contribution >= 0.6 is 0 Å². The molecule has 1 amide bonds. The van der Waals surface area contributed by atoms with Crippen LogP contribution in [0.15, 0.2) is 71.1 Å². The third kappa shape index (κ3) is 5.44. The number of halogens is 1. The zero-order valence-electron chi connectivity index (χ0n) is 21.8. The summed E-state index contributed by atoms with van der Waals surface area (Å²) < 4.78 is 20.6. The van der Waals surface area contributed by atoms with Gasteiger partial charge >= 0.3 is 0 Å². The van der Waals surface area contributed by atoms with Crippen molar-refractivity contribution in [3.8, 4) is 40.5 Å². The molecular formula is C32H27FN4O2. The zero-order valence-corrected chi connectivity index (χ0v) is 21.8. The van der Waals surface area contributed by atoms with Crippen LogP contribution in [0.25, 0.3) is 22.6 Å². The standard InChI is InChI=1S/C32H27FN4O2/c1-3-9-26-12-8-15-37(26)32(38)25-18-23(27-13-7-14-29(33)28(27)20-34)17-24(19-25)31-36-35-30(39-31)21(2)16-22-10-5-4-6-11-22/h4-7,10-11,13-14,17-19,21,26H,8,12,15-16H2,1-2H3. The van der Waals surface area contributed by atoms with Crippen molar-refractivity contribution >= 4 is 5.91 Å².